The van der Waals surface area contributed by atoms with Gasteiger partial charge >= 0.3 is 0 Å². The summed E-state index contributed by atoms with van der Waals surface area (Å²) >= 11 is 1.67. The van der Waals surface area contributed by atoms with Crippen LogP contribution < -0.4 is 16.0 Å². The molecule has 0 atom stereocenters. The summed E-state index contributed by atoms with van der Waals surface area (Å²) in [5, 5.41) is 10.3. The summed E-state index contributed by atoms with van der Waals surface area (Å²) in [5.74, 6) is 0.677. The Morgan fingerprint density at radius 2 is 2.00 bits per heavy atom. The highest BCUT2D eigenvalue weighted by molar-refractivity contribution is 7.11. The van der Waals surface area contributed by atoms with Gasteiger partial charge in [0, 0.05) is 29.7 Å². The highest BCUT2D eigenvalue weighted by atomic mass is 32.1. The lowest BCUT2D eigenvalue weighted by molar-refractivity contribution is 0.0955. The molecular formula is C18H25N5OS. The van der Waals surface area contributed by atoms with Gasteiger partial charge < -0.3 is 16.0 Å². The van der Waals surface area contributed by atoms with Crippen molar-refractivity contribution in [3.63, 3.8) is 0 Å². The first-order valence-electron chi connectivity index (χ1n) is 8.43. The van der Waals surface area contributed by atoms with Gasteiger partial charge in [-0.1, -0.05) is 12.1 Å². The Labute approximate surface area is 152 Å². The Bertz CT molecular complexity index is 726. The van der Waals surface area contributed by atoms with Gasteiger partial charge in [0.2, 0.25) is 0 Å². The monoisotopic (exact) mass is 359 g/mol. The molecule has 25 heavy (non-hydrogen) atoms. The van der Waals surface area contributed by atoms with Gasteiger partial charge in [0.05, 0.1) is 13.1 Å². The van der Waals surface area contributed by atoms with E-state index in [9.17, 15) is 4.79 Å². The maximum atomic E-state index is 11.9. The largest absolute Gasteiger partial charge is 0.357 e. The van der Waals surface area contributed by atoms with E-state index in [0.29, 0.717) is 25.2 Å². The van der Waals surface area contributed by atoms with E-state index in [0.717, 1.165) is 23.1 Å². The molecule has 0 bridgehead atoms. The molecule has 0 radical (unpaired) electrons. The fourth-order valence-corrected chi connectivity index (χ4v) is 2.95. The van der Waals surface area contributed by atoms with Gasteiger partial charge in [0.15, 0.2) is 5.96 Å². The second-order valence-corrected chi connectivity index (χ2v) is 6.79. The van der Waals surface area contributed by atoms with Crippen LogP contribution in [0.4, 0.5) is 0 Å². The number of thiazole rings is 1. The van der Waals surface area contributed by atoms with Crippen molar-refractivity contribution in [3.05, 3.63) is 51.5 Å². The Morgan fingerprint density at radius 3 is 2.68 bits per heavy atom. The molecule has 0 saturated heterocycles. The average Bonchev–Trinajstić information content (AvgIpc) is 3.03. The number of nitrogens with zero attached hydrogens (tertiary/aromatic N) is 2. The number of amides is 1. The van der Waals surface area contributed by atoms with Crippen LogP contribution in [0.2, 0.25) is 0 Å². The predicted molar refractivity (Wildman–Crippen MR) is 103 cm³/mol. The van der Waals surface area contributed by atoms with Crippen LogP contribution in [0.15, 0.2) is 35.5 Å². The van der Waals surface area contributed by atoms with E-state index in [2.05, 4.69) is 25.9 Å². The zero-order valence-corrected chi connectivity index (χ0v) is 15.7. The third-order valence-corrected chi connectivity index (χ3v) is 4.28. The van der Waals surface area contributed by atoms with Gasteiger partial charge in [-0.25, -0.2) is 9.98 Å². The molecule has 2 aromatic rings. The van der Waals surface area contributed by atoms with Crippen molar-refractivity contribution in [1.82, 2.24) is 20.9 Å². The second kappa shape index (κ2) is 9.78. The van der Waals surface area contributed by atoms with Crippen LogP contribution in [0.3, 0.4) is 0 Å². The van der Waals surface area contributed by atoms with Crippen molar-refractivity contribution in [1.29, 1.82) is 0 Å². The van der Waals surface area contributed by atoms with Crippen molar-refractivity contribution < 1.29 is 4.79 Å². The maximum absolute atomic E-state index is 11.9. The summed E-state index contributed by atoms with van der Waals surface area (Å²) in [4.78, 5) is 22.1. The van der Waals surface area contributed by atoms with Crippen LogP contribution >= 0.6 is 11.3 Å². The number of nitrogens with one attached hydrogen (secondary N) is 3. The molecule has 6 nitrogen and oxygen atoms in total. The van der Waals surface area contributed by atoms with Crippen molar-refractivity contribution in [3.8, 4) is 0 Å². The van der Waals surface area contributed by atoms with Crippen LogP contribution in [0.25, 0.3) is 0 Å². The van der Waals surface area contributed by atoms with Crippen LogP contribution in [-0.2, 0) is 13.1 Å². The Balaban J connectivity index is 2.00. The lowest BCUT2D eigenvalue weighted by Gasteiger charge is -2.10. The van der Waals surface area contributed by atoms with Gasteiger partial charge in [-0.2, -0.15) is 0 Å². The number of aryl methyl sites for hydroxylation is 1. The summed E-state index contributed by atoms with van der Waals surface area (Å²) in [5.41, 5.74) is 1.65. The fourth-order valence-electron chi connectivity index (χ4n) is 2.23. The first-order chi connectivity index (χ1) is 12.1. The summed E-state index contributed by atoms with van der Waals surface area (Å²) in [7, 11) is 0. The Kier molecular flexibility index (Phi) is 7.40. The van der Waals surface area contributed by atoms with Gasteiger partial charge in [0.25, 0.3) is 5.91 Å². The summed E-state index contributed by atoms with van der Waals surface area (Å²) < 4.78 is 0. The molecule has 7 heteroatoms. The van der Waals surface area contributed by atoms with Crippen LogP contribution in [-0.4, -0.2) is 29.9 Å². The maximum Gasteiger partial charge on any atom is 0.251 e. The van der Waals surface area contributed by atoms with Gasteiger partial charge in [-0.3, -0.25) is 4.79 Å². The predicted octanol–water partition coefficient (Wildman–Crippen LogP) is 2.46. The number of aliphatic imine (C=N–C) groups is 1. The topological polar surface area (TPSA) is 78.4 Å². The number of hydrogen-bond acceptors (Lipinski definition) is 4. The van der Waals surface area contributed by atoms with Crippen molar-refractivity contribution >= 4 is 23.2 Å². The molecule has 3 N–H and O–H groups in total. The standard InChI is InChI=1S/C18H25N5OS/c1-4-19-17(24)15-8-6-7-14(9-15)11-22-18(20-5-2)23-12-16-21-10-13(3)25-16/h6-10H,4-5,11-12H2,1-3H3,(H,19,24)(H2,20,22,23). The lowest BCUT2D eigenvalue weighted by Crippen LogP contribution is -2.36. The van der Waals surface area contributed by atoms with Gasteiger partial charge in [-0.15, -0.1) is 11.3 Å². The lowest BCUT2D eigenvalue weighted by atomic mass is 10.1. The number of hydrogen-bond donors (Lipinski definition) is 3. The number of carbonyl (C=O) groups excluding carboxylic acids is 1. The Morgan fingerprint density at radius 1 is 1.20 bits per heavy atom. The van der Waals surface area contributed by atoms with E-state index in [-0.39, 0.29) is 5.91 Å². The number of guanidine groups is 1. The van der Waals surface area contributed by atoms with Crippen molar-refractivity contribution in [2.45, 2.75) is 33.9 Å². The summed E-state index contributed by atoms with van der Waals surface area (Å²) in [6.07, 6.45) is 1.87. The number of carbonyl (C=O) groups is 1. The van der Waals surface area contributed by atoms with E-state index < -0.39 is 0 Å². The first kappa shape index (κ1) is 18.9. The Hall–Kier alpha value is -2.41. The number of aromatic nitrogens is 1. The molecule has 1 aromatic carbocycles. The van der Waals surface area contributed by atoms with E-state index in [4.69, 9.17) is 0 Å². The molecule has 1 amide bonds. The fraction of sp³-hybridized carbons (Fsp3) is 0.389. The molecule has 0 saturated carbocycles. The van der Waals surface area contributed by atoms with Gasteiger partial charge in [-0.05, 0) is 38.5 Å². The van der Waals surface area contributed by atoms with E-state index in [1.165, 1.54) is 4.88 Å². The normalized spacial score (nSPS) is 11.2. The molecular weight excluding hydrogens is 334 g/mol. The molecule has 0 unspecified atom stereocenters. The van der Waals surface area contributed by atoms with Crippen LogP contribution in [0.1, 0.15) is 39.7 Å². The molecule has 2 rings (SSSR count). The minimum Gasteiger partial charge on any atom is -0.357 e. The molecule has 0 spiro atoms. The smallest absolute Gasteiger partial charge is 0.251 e. The number of benzene rings is 1. The molecule has 1 aromatic heterocycles. The average molecular weight is 359 g/mol. The quantitative estimate of drug-likeness (QED) is 0.524. The second-order valence-electron chi connectivity index (χ2n) is 5.47. The third kappa shape index (κ3) is 6.19. The van der Waals surface area contributed by atoms with Crippen LogP contribution in [0.5, 0.6) is 0 Å². The highest BCUT2D eigenvalue weighted by Gasteiger charge is 2.05. The molecule has 0 aliphatic heterocycles. The van der Waals surface area contributed by atoms with Crippen LogP contribution in [0, 0.1) is 6.92 Å². The SMILES string of the molecule is CCNC(=O)c1cccc(CN=C(NCC)NCc2ncc(C)s2)c1. The molecule has 0 aliphatic carbocycles. The molecule has 1 heterocycles. The molecule has 0 aliphatic rings. The third-order valence-electron chi connectivity index (χ3n) is 3.37. The zero-order valence-electron chi connectivity index (χ0n) is 14.9. The van der Waals surface area contributed by atoms with Crippen molar-refractivity contribution in [2.75, 3.05) is 13.1 Å². The number of rotatable bonds is 7. The van der Waals surface area contributed by atoms with Gasteiger partial charge in [0.1, 0.15) is 5.01 Å². The zero-order chi connectivity index (χ0) is 18.1. The molecule has 134 valence electrons. The minimum absolute atomic E-state index is 0.0579. The van der Waals surface area contributed by atoms with E-state index in [1.54, 1.807) is 11.3 Å². The summed E-state index contributed by atoms with van der Waals surface area (Å²) in [6.45, 7) is 8.52. The van der Waals surface area contributed by atoms with Crippen molar-refractivity contribution in [2.24, 2.45) is 4.99 Å². The van der Waals surface area contributed by atoms with E-state index in [1.807, 2.05) is 51.2 Å². The first-order valence-corrected chi connectivity index (χ1v) is 9.24. The minimum atomic E-state index is -0.0579. The molecule has 0 fully saturated rings. The van der Waals surface area contributed by atoms with E-state index >= 15 is 0 Å². The summed E-state index contributed by atoms with van der Waals surface area (Å²) in [6, 6.07) is 7.54. The highest BCUT2D eigenvalue weighted by Crippen LogP contribution is 2.10.